The summed E-state index contributed by atoms with van der Waals surface area (Å²) < 4.78 is 5.65. The van der Waals surface area contributed by atoms with E-state index >= 15 is 0 Å². The zero-order valence-corrected chi connectivity index (χ0v) is 13.7. The van der Waals surface area contributed by atoms with E-state index in [4.69, 9.17) is 27.9 Å². The Labute approximate surface area is 130 Å². The molecule has 0 spiro atoms. The fourth-order valence-electron chi connectivity index (χ4n) is 1.94. The number of hydrogen-bond acceptors (Lipinski definition) is 2. The smallest absolute Gasteiger partial charge is 0.263 e. The average molecular weight is 318 g/mol. The number of benzene rings is 1. The maximum Gasteiger partial charge on any atom is 0.263 e. The van der Waals surface area contributed by atoms with E-state index in [1.54, 1.807) is 25.1 Å². The summed E-state index contributed by atoms with van der Waals surface area (Å²) in [5.41, 5.74) is 0. The van der Waals surface area contributed by atoms with Crippen molar-refractivity contribution in [2.45, 2.75) is 39.7 Å². The van der Waals surface area contributed by atoms with Crippen LogP contribution in [0, 0.1) is 0 Å². The average Bonchev–Trinajstić information content (AvgIpc) is 2.41. The molecule has 1 rings (SSSR count). The summed E-state index contributed by atoms with van der Waals surface area (Å²) in [7, 11) is 0. The molecule has 0 aliphatic carbocycles. The van der Waals surface area contributed by atoms with Crippen LogP contribution in [0.3, 0.4) is 0 Å². The molecule has 1 aromatic rings. The third-order valence-corrected chi connectivity index (χ3v) is 3.39. The summed E-state index contributed by atoms with van der Waals surface area (Å²) >= 11 is 11.9. The van der Waals surface area contributed by atoms with Crippen molar-refractivity contribution in [3.8, 4) is 5.75 Å². The molecule has 0 saturated heterocycles. The van der Waals surface area contributed by atoms with Gasteiger partial charge in [-0.15, -0.1) is 0 Å². The lowest BCUT2D eigenvalue weighted by Crippen LogP contribution is -2.41. The fraction of sp³-hybridized carbons (Fsp3) is 0.533. The van der Waals surface area contributed by atoms with Gasteiger partial charge in [0.2, 0.25) is 0 Å². The molecular weight excluding hydrogens is 297 g/mol. The summed E-state index contributed by atoms with van der Waals surface area (Å²) in [6, 6.07) is 4.97. The van der Waals surface area contributed by atoms with Crippen LogP contribution < -0.4 is 4.74 Å². The first-order chi connectivity index (χ1) is 9.49. The minimum absolute atomic E-state index is 0.0234. The van der Waals surface area contributed by atoms with E-state index in [2.05, 4.69) is 13.8 Å². The predicted octanol–water partition coefficient (Wildman–Crippen LogP) is 4.41. The Hall–Kier alpha value is -0.930. The second-order valence-electron chi connectivity index (χ2n) is 4.66. The minimum Gasteiger partial charge on any atom is -0.479 e. The van der Waals surface area contributed by atoms with Gasteiger partial charge in [0.25, 0.3) is 5.91 Å². The van der Waals surface area contributed by atoms with Gasteiger partial charge >= 0.3 is 0 Å². The minimum atomic E-state index is -0.580. The predicted molar refractivity (Wildman–Crippen MR) is 83.7 cm³/mol. The van der Waals surface area contributed by atoms with Gasteiger partial charge < -0.3 is 9.64 Å². The van der Waals surface area contributed by atoms with Crippen molar-refractivity contribution in [3.63, 3.8) is 0 Å². The van der Waals surface area contributed by atoms with Crippen LogP contribution in [0.4, 0.5) is 0 Å². The lowest BCUT2D eigenvalue weighted by molar-refractivity contribution is -0.138. The van der Waals surface area contributed by atoms with Crippen LogP contribution in [-0.4, -0.2) is 30.0 Å². The second kappa shape index (κ2) is 8.38. The van der Waals surface area contributed by atoms with Gasteiger partial charge in [-0.05, 0) is 31.9 Å². The summed E-state index contributed by atoms with van der Waals surface area (Å²) in [5, 5.41) is 0.981. The van der Waals surface area contributed by atoms with E-state index in [-0.39, 0.29) is 5.91 Å². The zero-order chi connectivity index (χ0) is 15.1. The second-order valence-corrected chi connectivity index (χ2v) is 5.50. The molecule has 0 saturated carbocycles. The molecular formula is C15H21Cl2NO2. The quantitative estimate of drug-likeness (QED) is 0.745. The molecule has 0 N–H and O–H groups in total. The number of carbonyl (C=O) groups excluding carboxylic acids is 1. The molecule has 1 aromatic carbocycles. The molecule has 1 amide bonds. The molecule has 3 nitrogen and oxygen atoms in total. The van der Waals surface area contributed by atoms with Crippen LogP contribution in [0.5, 0.6) is 5.75 Å². The Morgan fingerprint density at radius 3 is 2.40 bits per heavy atom. The maximum atomic E-state index is 12.3. The Morgan fingerprint density at radius 1 is 1.25 bits per heavy atom. The monoisotopic (exact) mass is 317 g/mol. The first-order valence-electron chi connectivity index (χ1n) is 6.90. The summed E-state index contributed by atoms with van der Waals surface area (Å²) in [6.45, 7) is 7.32. The topological polar surface area (TPSA) is 29.5 Å². The molecule has 0 fully saturated rings. The highest BCUT2D eigenvalue weighted by atomic mass is 35.5. The molecule has 20 heavy (non-hydrogen) atoms. The van der Waals surface area contributed by atoms with Gasteiger partial charge in [0.1, 0.15) is 5.75 Å². The summed E-state index contributed by atoms with van der Waals surface area (Å²) in [5.74, 6) is 0.415. The molecule has 0 aliphatic heterocycles. The van der Waals surface area contributed by atoms with Gasteiger partial charge in [0.15, 0.2) is 6.10 Å². The third-order valence-electron chi connectivity index (χ3n) is 2.84. The SMILES string of the molecule is CCCN(CCC)C(=O)[C@@H](C)Oc1cc(Cl)ccc1Cl. The number of nitrogens with zero attached hydrogens (tertiary/aromatic N) is 1. The normalized spacial score (nSPS) is 12.1. The first kappa shape index (κ1) is 17.1. The van der Waals surface area contributed by atoms with Crippen LogP contribution >= 0.6 is 23.2 Å². The zero-order valence-electron chi connectivity index (χ0n) is 12.2. The summed E-state index contributed by atoms with van der Waals surface area (Å²) in [6.07, 6.45) is 1.27. The van der Waals surface area contributed by atoms with Gasteiger partial charge in [0, 0.05) is 24.2 Å². The number of halogens is 2. The van der Waals surface area contributed by atoms with Gasteiger partial charge in [-0.3, -0.25) is 4.79 Å². The van der Waals surface area contributed by atoms with E-state index < -0.39 is 6.10 Å². The lowest BCUT2D eigenvalue weighted by Gasteiger charge is -2.25. The molecule has 0 radical (unpaired) electrons. The molecule has 0 aliphatic rings. The van der Waals surface area contributed by atoms with Gasteiger partial charge in [-0.1, -0.05) is 37.0 Å². The third kappa shape index (κ3) is 4.88. The van der Waals surface area contributed by atoms with Crippen LogP contribution in [-0.2, 0) is 4.79 Å². The largest absolute Gasteiger partial charge is 0.479 e. The van der Waals surface area contributed by atoms with Crippen molar-refractivity contribution in [2.24, 2.45) is 0 Å². The number of rotatable bonds is 7. The number of hydrogen-bond donors (Lipinski definition) is 0. The summed E-state index contributed by atoms with van der Waals surface area (Å²) in [4.78, 5) is 14.2. The van der Waals surface area contributed by atoms with Crippen molar-refractivity contribution in [2.75, 3.05) is 13.1 Å². The van der Waals surface area contributed by atoms with Crippen molar-refractivity contribution in [1.29, 1.82) is 0 Å². The Balaban J connectivity index is 2.75. The van der Waals surface area contributed by atoms with Crippen molar-refractivity contribution in [1.82, 2.24) is 4.90 Å². The fourth-order valence-corrected chi connectivity index (χ4v) is 2.26. The maximum absolute atomic E-state index is 12.3. The van der Waals surface area contributed by atoms with E-state index in [9.17, 15) is 4.79 Å². The molecule has 1 atom stereocenters. The van der Waals surface area contributed by atoms with Crippen LogP contribution in [0.2, 0.25) is 10.0 Å². The molecule has 5 heteroatoms. The van der Waals surface area contributed by atoms with E-state index in [1.807, 2.05) is 4.90 Å². The molecule has 0 heterocycles. The number of amides is 1. The van der Waals surface area contributed by atoms with E-state index in [1.165, 1.54) is 0 Å². The van der Waals surface area contributed by atoms with Gasteiger partial charge in [-0.25, -0.2) is 0 Å². The van der Waals surface area contributed by atoms with E-state index in [0.717, 1.165) is 25.9 Å². The molecule has 0 aromatic heterocycles. The van der Waals surface area contributed by atoms with Crippen LogP contribution in [0.25, 0.3) is 0 Å². The van der Waals surface area contributed by atoms with Gasteiger partial charge in [0.05, 0.1) is 5.02 Å². The van der Waals surface area contributed by atoms with Crippen molar-refractivity contribution < 1.29 is 9.53 Å². The standard InChI is InChI=1S/C15H21Cl2NO2/c1-4-8-18(9-5-2)15(19)11(3)20-14-10-12(16)6-7-13(14)17/h6-7,10-11H,4-5,8-9H2,1-3H3/t11-/m1/s1. The van der Waals surface area contributed by atoms with E-state index in [0.29, 0.717) is 15.8 Å². The number of ether oxygens (including phenoxy) is 1. The highest BCUT2D eigenvalue weighted by molar-refractivity contribution is 6.34. The Kier molecular flexibility index (Phi) is 7.17. The highest BCUT2D eigenvalue weighted by Gasteiger charge is 2.21. The molecule has 0 unspecified atom stereocenters. The van der Waals surface area contributed by atoms with Crippen molar-refractivity contribution in [3.05, 3.63) is 28.2 Å². The Bertz CT molecular complexity index is 445. The highest BCUT2D eigenvalue weighted by Crippen LogP contribution is 2.28. The van der Waals surface area contributed by atoms with Crippen molar-refractivity contribution >= 4 is 29.1 Å². The number of carbonyl (C=O) groups is 1. The molecule has 0 bridgehead atoms. The first-order valence-corrected chi connectivity index (χ1v) is 7.65. The molecule has 112 valence electrons. The van der Waals surface area contributed by atoms with Gasteiger partial charge in [-0.2, -0.15) is 0 Å². The Morgan fingerprint density at radius 2 is 1.85 bits per heavy atom. The lowest BCUT2D eigenvalue weighted by atomic mass is 10.2. The van der Waals surface area contributed by atoms with Crippen LogP contribution in [0.15, 0.2) is 18.2 Å². The van der Waals surface area contributed by atoms with Crippen LogP contribution in [0.1, 0.15) is 33.6 Å².